The standard InChI is InChI=1S/C18H25NO4/c1-12-5-8-16(10-13(12)2)23-9-3-4-17(20)19-15-7-6-14(11-15)18(21)22/h5,8,10,14-15H,3-4,6-7,9,11H2,1-2H3,(H,19,20)(H,21,22)/t14-,15+/m0/s1. The van der Waals surface area contributed by atoms with E-state index in [0.29, 0.717) is 32.3 Å². The number of hydrogen-bond acceptors (Lipinski definition) is 3. The predicted octanol–water partition coefficient (Wildman–Crippen LogP) is 2.83. The fraction of sp³-hybridized carbons (Fsp3) is 0.556. The Bertz CT molecular complexity index is 570. The molecule has 0 aliphatic heterocycles. The maximum absolute atomic E-state index is 11.9. The van der Waals surface area contributed by atoms with Crippen molar-refractivity contribution in [1.29, 1.82) is 0 Å². The van der Waals surface area contributed by atoms with Crippen molar-refractivity contribution in [2.45, 2.75) is 52.0 Å². The summed E-state index contributed by atoms with van der Waals surface area (Å²) in [5.41, 5.74) is 2.42. The third kappa shape index (κ3) is 5.27. The largest absolute Gasteiger partial charge is 0.494 e. The molecule has 0 spiro atoms. The van der Waals surface area contributed by atoms with Gasteiger partial charge in [0, 0.05) is 12.5 Å². The van der Waals surface area contributed by atoms with Gasteiger partial charge >= 0.3 is 5.97 Å². The number of carbonyl (C=O) groups is 2. The molecule has 1 aromatic carbocycles. The maximum Gasteiger partial charge on any atom is 0.306 e. The van der Waals surface area contributed by atoms with Gasteiger partial charge in [0.15, 0.2) is 0 Å². The molecule has 0 bridgehead atoms. The summed E-state index contributed by atoms with van der Waals surface area (Å²) in [5.74, 6) is -0.268. The highest BCUT2D eigenvalue weighted by Gasteiger charge is 2.30. The lowest BCUT2D eigenvalue weighted by atomic mass is 10.1. The minimum absolute atomic E-state index is 0.00395. The zero-order valence-corrected chi connectivity index (χ0v) is 13.8. The summed E-state index contributed by atoms with van der Waals surface area (Å²) < 4.78 is 5.65. The van der Waals surface area contributed by atoms with Crippen molar-refractivity contribution >= 4 is 11.9 Å². The molecule has 2 rings (SSSR count). The molecule has 5 heteroatoms. The van der Waals surface area contributed by atoms with Crippen molar-refractivity contribution in [3.05, 3.63) is 29.3 Å². The van der Waals surface area contributed by atoms with Gasteiger partial charge < -0.3 is 15.2 Å². The van der Waals surface area contributed by atoms with Gasteiger partial charge in [0.2, 0.25) is 5.91 Å². The van der Waals surface area contributed by atoms with E-state index in [4.69, 9.17) is 9.84 Å². The van der Waals surface area contributed by atoms with Crippen LogP contribution in [0.1, 0.15) is 43.2 Å². The molecule has 0 saturated heterocycles. The molecular formula is C18H25NO4. The number of hydrogen-bond donors (Lipinski definition) is 2. The summed E-state index contributed by atoms with van der Waals surface area (Å²) in [4.78, 5) is 22.8. The van der Waals surface area contributed by atoms with E-state index in [1.54, 1.807) is 0 Å². The number of amides is 1. The zero-order chi connectivity index (χ0) is 16.8. The minimum Gasteiger partial charge on any atom is -0.494 e. The fourth-order valence-corrected chi connectivity index (χ4v) is 2.86. The number of ether oxygens (including phenoxy) is 1. The number of benzene rings is 1. The summed E-state index contributed by atoms with van der Waals surface area (Å²) in [6.45, 7) is 4.60. The second-order valence-electron chi connectivity index (χ2n) is 6.31. The first-order valence-electron chi connectivity index (χ1n) is 8.18. The molecule has 1 amide bonds. The average Bonchev–Trinajstić information content (AvgIpc) is 2.96. The van der Waals surface area contributed by atoms with E-state index in [2.05, 4.69) is 12.2 Å². The van der Waals surface area contributed by atoms with E-state index in [0.717, 1.165) is 12.2 Å². The molecule has 5 nitrogen and oxygen atoms in total. The van der Waals surface area contributed by atoms with Gasteiger partial charge in [-0.3, -0.25) is 9.59 Å². The van der Waals surface area contributed by atoms with E-state index >= 15 is 0 Å². The average molecular weight is 319 g/mol. The molecule has 0 heterocycles. The Balaban J connectivity index is 1.63. The lowest BCUT2D eigenvalue weighted by Gasteiger charge is -2.13. The van der Waals surface area contributed by atoms with Gasteiger partial charge in [0.25, 0.3) is 0 Å². The smallest absolute Gasteiger partial charge is 0.306 e. The lowest BCUT2D eigenvalue weighted by molar-refractivity contribution is -0.141. The van der Waals surface area contributed by atoms with Gasteiger partial charge in [-0.2, -0.15) is 0 Å². The number of carboxylic acid groups (broad SMARTS) is 1. The van der Waals surface area contributed by atoms with Crippen LogP contribution in [0.25, 0.3) is 0 Å². The molecule has 23 heavy (non-hydrogen) atoms. The Morgan fingerprint density at radius 1 is 1.26 bits per heavy atom. The van der Waals surface area contributed by atoms with E-state index in [-0.39, 0.29) is 17.9 Å². The van der Waals surface area contributed by atoms with E-state index in [1.165, 1.54) is 11.1 Å². The van der Waals surface area contributed by atoms with Crippen molar-refractivity contribution in [1.82, 2.24) is 5.32 Å². The van der Waals surface area contributed by atoms with Crippen LogP contribution in [0.2, 0.25) is 0 Å². The fourth-order valence-electron chi connectivity index (χ4n) is 2.86. The van der Waals surface area contributed by atoms with Gasteiger partial charge in [-0.25, -0.2) is 0 Å². The number of nitrogens with one attached hydrogen (secondary N) is 1. The molecular weight excluding hydrogens is 294 g/mol. The first kappa shape index (κ1) is 17.3. The van der Waals surface area contributed by atoms with Gasteiger partial charge in [-0.1, -0.05) is 6.07 Å². The SMILES string of the molecule is Cc1ccc(OCCCC(=O)N[C@@H]2CC[C@H](C(=O)O)C2)cc1C. The van der Waals surface area contributed by atoms with Crippen molar-refractivity contribution < 1.29 is 19.4 Å². The van der Waals surface area contributed by atoms with Crippen LogP contribution in [0.15, 0.2) is 18.2 Å². The number of carbonyl (C=O) groups excluding carboxylic acids is 1. The zero-order valence-electron chi connectivity index (χ0n) is 13.8. The number of aryl methyl sites for hydroxylation is 2. The van der Waals surface area contributed by atoms with Crippen LogP contribution < -0.4 is 10.1 Å². The highest BCUT2D eigenvalue weighted by molar-refractivity contribution is 5.76. The molecule has 2 atom stereocenters. The van der Waals surface area contributed by atoms with E-state index < -0.39 is 5.97 Å². The molecule has 1 aliphatic rings. The molecule has 126 valence electrons. The third-order valence-corrected chi connectivity index (χ3v) is 4.44. The van der Waals surface area contributed by atoms with Gasteiger partial charge in [-0.05, 0) is 62.8 Å². The van der Waals surface area contributed by atoms with Gasteiger partial charge in [0.05, 0.1) is 12.5 Å². The summed E-state index contributed by atoms with van der Waals surface area (Å²) in [7, 11) is 0. The Morgan fingerprint density at radius 2 is 2.04 bits per heavy atom. The van der Waals surface area contributed by atoms with Crippen LogP contribution in [-0.4, -0.2) is 29.6 Å². The number of carboxylic acids is 1. The monoisotopic (exact) mass is 319 g/mol. The normalized spacial score (nSPS) is 20.3. The molecule has 0 aromatic heterocycles. The topological polar surface area (TPSA) is 75.6 Å². The highest BCUT2D eigenvalue weighted by Crippen LogP contribution is 2.25. The maximum atomic E-state index is 11.9. The second kappa shape index (κ2) is 7.99. The van der Waals surface area contributed by atoms with Crippen LogP contribution in [-0.2, 0) is 9.59 Å². The summed E-state index contributed by atoms with van der Waals surface area (Å²) in [6.07, 6.45) is 2.99. The Kier molecular flexibility index (Phi) is 6.02. The van der Waals surface area contributed by atoms with Crippen LogP contribution in [0.3, 0.4) is 0 Å². The molecule has 1 saturated carbocycles. The van der Waals surface area contributed by atoms with Crippen molar-refractivity contribution in [3.63, 3.8) is 0 Å². The molecule has 0 unspecified atom stereocenters. The van der Waals surface area contributed by atoms with Crippen molar-refractivity contribution in [2.75, 3.05) is 6.61 Å². The minimum atomic E-state index is -0.761. The van der Waals surface area contributed by atoms with Gasteiger partial charge in [0.1, 0.15) is 5.75 Å². The van der Waals surface area contributed by atoms with E-state index in [9.17, 15) is 9.59 Å². The van der Waals surface area contributed by atoms with Crippen molar-refractivity contribution in [2.24, 2.45) is 5.92 Å². The Labute approximate surface area is 137 Å². The molecule has 1 aliphatic carbocycles. The molecule has 2 N–H and O–H groups in total. The summed E-state index contributed by atoms with van der Waals surface area (Å²) in [5, 5.41) is 11.9. The van der Waals surface area contributed by atoms with Crippen LogP contribution >= 0.6 is 0 Å². The second-order valence-corrected chi connectivity index (χ2v) is 6.31. The number of rotatable bonds is 7. The van der Waals surface area contributed by atoms with Crippen LogP contribution in [0.4, 0.5) is 0 Å². The number of aliphatic carboxylic acids is 1. The van der Waals surface area contributed by atoms with E-state index in [1.807, 2.05) is 25.1 Å². The first-order valence-corrected chi connectivity index (χ1v) is 8.18. The van der Waals surface area contributed by atoms with Crippen LogP contribution in [0, 0.1) is 19.8 Å². The Morgan fingerprint density at radius 3 is 2.70 bits per heavy atom. The Hall–Kier alpha value is -2.04. The predicted molar refractivity (Wildman–Crippen MR) is 87.6 cm³/mol. The summed E-state index contributed by atoms with van der Waals surface area (Å²) >= 11 is 0. The van der Waals surface area contributed by atoms with Gasteiger partial charge in [-0.15, -0.1) is 0 Å². The third-order valence-electron chi connectivity index (χ3n) is 4.44. The summed E-state index contributed by atoms with van der Waals surface area (Å²) in [6, 6.07) is 5.97. The van der Waals surface area contributed by atoms with Crippen molar-refractivity contribution in [3.8, 4) is 5.75 Å². The lowest BCUT2D eigenvalue weighted by Crippen LogP contribution is -2.33. The molecule has 1 fully saturated rings. The molecule has 1 aromatic rings. The van der Waals surface area contributed by atoms with Crippen LogP contribution in [0.5, 0.6) is 5.75 Å². The molecule has 0 radical (unpaired) electrons. The highest BCUT2D eigenvalue weighted by atomic mass is 16.5. The first-order chi connectivity index (χ1) is 11.0. The quantitative estimate of drug-likeness (QED) is 0.758.